The monoisotopic (exact) mass is 348 g/mol. The molecule has 1 aromatic carbocycles. The molecule has 0 heterocycles. The number of benzene rings is 1. The van der Waals surface area contributed by atoms with Gasteiger partial charge in [0, 0.05) is 12.6 Å². The van der Waals surface area contributed by atoms with Crippen molar-refractivity contribution in [2.45, 2.75) is 23.8 Å². The molecule has 4 nitrogen and oxygen atoms in total. The zero-order valence-corrected chi connectivity index (χ0v) is 12.5. The highest BCUT2D eigenvalue weighted by atomic mass is 79.9. The minimum Gasteiger partial charge on any atom is -0.398 e. The second-order valence-corrected chi connectivity index (χ2v) is 7.11. The number of rotatable bonds is 5. The third-order valence-corrected chi connectivity index (χ3v) is 5.48. The van der Waals surface area contributed by atoms with Crippen molar-refractivity contribution >= 4 is 31.6 Å². The molecule has 0 radical (unpaired) electrons. The van der Waals surface area contributed by atoms with Crippen LogP contribution in [-0.4, -0.2) is 25.3 Å². The smallest absolute Gasteiger partial charge is 0.245 e. The van der Waals surface area contributed by atoms with Gasteiger partial charge < -0.3 is 5.73 Å². The van der Waals surface area contributed by atoms with E-state index in [4.69, 9.17) is 5.73 Å². The first kappa shape index (κ1) is 14.5. The zero-order chi connectivity index (χ0) is 14.2. The highest BCUT2D eigenvalue weighted by Crippen LogP contribution is 2.35. The molecule has 0 amide bonds. The number of hydrogen-bond donors (Lipinski definition) is 1. The quantitative estimate of drug-likeness (QED) is 0.656. The van der Waals surface area contributed by atoms with Crippen LogP contribution in [0.3, 0.4) is 0 Å². The number of hydrogen-bond acceptors (Lipinski definition) is 3. The molecule has 0 saturated heterocycles. The lowest BCUT2D eigenvalue weighted by Crippen LogP contribution is -2.33. The van der Waals surface area contributed by atoms with Gasteiger partial charge in [-0.05, 0) is 40.9 Å². The molecule has 0 unspecified atom stereocenters. The minimum atomic E-state index is -3.73. The van der Waals surface area contributed by atoms with Gasteiger partial charge in [-0.15, -0.1) is 6.58 Å². The van der Waals surface area contributed by atoms with Gasteiger partial charge in [0.1, 0.15) is 10.7 Å². The molecule has 19 heavy (non-hydrogen) atoms. The number of halogens is 2. The maximum absolute atomic E-state index is 13.3. The lowest BCUT2D eigenvalue weighted by molar-refractivity contribution is 0.436. The molecule has 0 aromatic heterocycles. The van der Waals surface area contributed by atoms with Crippen molar-refractivity contribution < 1.29 is 12.8 Å². The van der Waals surface area contributed by atoms with Crippen LogP contribution in [0.2, 0.25) is 0 Å². The van der Waals surface area contributed by atoms with Crippen LogP contribution in [0, 0.1) is 5.82 Å². The first-order valence-corrected chi connectivity index (χ1v) is 7.98. The Bertz CT molecular complexity index is 614. The Kier molecular flexibility index (Phi) is 3.98. The summed E-state index contributed by atoms with van der Waals surface area (Å²) in [5.74, 6) is -0.585. The summed E-state index contributed by atoms with van der Waals surface area (Å²) in [6, 6.07) is 2.21. The molecule has 0 atom stereocenters. The van der Waals surface area contributed by atoms with Crippen LogP contribution < -0.4 is 5.73 Å². The summed E-state index contributed by atoms with van der Waals surface area (Å²) in [6.07, 6.45) is 3.19. The number of nitrogens with zero attached hydrogens (tertiary/aromatic N) is 1. The predicted molar refractivity (Wildman–Crippen MR) is 75.6 cm³/mol. The lowest BCUT2D eigenvalue weighted by Gasteiger charge is -2.21. The van der Waals surface area contributed by atoms with Crippen molar-refractivity contribution in [2.24, 2.45) is 0 Å². The van der Waals surface area contributed by atoms with Crippen LogP contribution in [0.25, 0.3) is 0 Å². The molecule has 1 aliphatic rings. The number of anilines is 1. The topological polar surface area (TPSA) is 63.4 Å². The molecule has 1 saturated carbocycles. The van der Waals surface area contributed by atoms with E-state index in [1.54, 1.807) is 0 Å². The van der Waals surface area contributed by atoms with Crippen LogP contribution in [0.1, 0.15) is 12.8 Å². The van der Waals surface area contributed by atoms with Gasteiger partial charge in [0.2, 0.25) is 10.0 Å². The standard InChI is InChI=1S/C12H14BrFN2O2S/c1-2-5-16(8-3-4-8)19(17,18)12-6-9(13)10(14)7-11(12)15/h2,6-8H,1,3-5,15H2. The van der Waals surface area contributed by atoms with E-state index in [-0.39, 0.29) is 27.6 Å². The first-order valence-electron chi connectivity index (χ1n) is 5.75. The van der Waals surface area contributed by atoms with Gasteiger partial charge in [-0.1, -0.05) is 6.08 Å². The first-order chi connectivity index (χ1) is 8.87. The largest absolute Gasteiger partial charge is 0.398 e. The van der Waals surface area contributed by atoms with Crippen molar-refractivity contribution in [3.63, 3.8) is 0 Å². The Morgan fingerprint density at radius 2 is 2.16 bits per heavy atom. The molecule has 1 aromatic rings. The van der Waals surface area contributed by atoms with E-state index in [1.165, 1.54) is 16.4 Å². The SMILES string of the molecule is C=CCN(C1CC1)S(=O)(=O)c1cc(Br)c(F)cc1N. The maximum Gasteiger partial charge on any atom is 0.245 e. The highest BCUT2D eigenvalue weighted by molar-refractivity contribution is 9.10. The Hall–Kier alpha value is -0.920. The van der Waals surface area contributed by atoms with E-state index in [2.05, 4.69) is 22.5 Å². The molecule has 2 N–H and O–H groups in total. The molecule has 2 rings (SSSR count). The highest BCUT2D eigenvalue weighted by Gasteiger charge is 2.38. The van der Waals surface area contributed by atoms with E-state index < -0.39 is 15.8 Å². The lowest BCUT2D eigenvalue weighted by atomic mass is 10.3. The van der Waals surface area contributed by atoms with Crippen molar-refractivity contribution in [3.05, 3.63) is 35.1 Å². The van der Waals surface area contributed by atoms with Gasteiger partial charge in [0.05, 0.1) is 10.2 Å². The van der Waals surface area contributed by atoms with Crippen LogP contribution in [0.4, 0.5) is 10.1 Å². The Morgan fingerprint density at radius 1 is 1.53 bits per heavy atom. The van der Waals surface area contributed by atoms with E-state index in [0.717, 1.165) is 18.9 Å². The second kappa shape index (κ2) is 5.22. The molecule has 7 heteroatoms. The number of nitrogens with two attached hydrogens (primary N) is 1. The fraction of sp³-hybridized carbons (Fsp3) is 0.333. The number of sulfonamides is 1. The average Bonchev–Trinajstić information content (AvgIpc) is 3.14. The summed E-state index contributed by atoms with van der Waals surface area (Å²) >= 11 is 2.98. The van der Waals surface area contributed by atoms with Crippen molar-refractivity contribution in [2.75, 3.05) is 12.3 Å². The van der Waals surface area contributed by atoms with Gasteiger partial charge in [0.25, 0.3) is 0 Å². The summed E-state index contributed by atoms with van der Waals surface area (Å²) in [5.41, 5.74) is 5.55. The predicted octanol–water partition coefficient (Wildman–Crippen LogP) is 2.51. The molecule has 1 fully saturated rings. The van der Waals surface area contributed by atoms with Crippen molar-refractivity contribution in [1.29, 1.82) is 0 Å². The summed E-state index contributed by atoms with van der Waals surface area (Å²) in [5, 5.41) is 0. The van der Waals surface area contributed by atoms with Crippen molar-refractivity contribution in [3.8, 4) is 0 Å². The molecule has 1 aliphatic carbocycles. The minimum absolute atomic E-state index is 0.00812. The Morgan fingerprint density at radius 3 is 2.68 bits per heavy atom. The Balaban J connectivity index is 2.48. The van der Waals surface area contributed by atoms with Gasteiger partial charge in [-0.3, -0.25) is 0 Å². The summed E-state index contributed by atoms with van der Waals surface area (Å²) in [7, 11) is -3.73. The zero-order valence-electron chi connectivity index (χ0n) is 10.1. The summed E-state index contributed by atoms with van der Waals surface area (Å²) < 4.78 is 39.8. The fourth-order valence-corrected chi connectivity index (χ4v) is 4.10. The molecule has 0 aliphatic heterocycles. The van der Waals surface area contributed by atoms with Gasteiger partial charge in [-0.25, -0.2) is 12.8 Å². The molecule has 0 spiro atoms. The van der Waals surface area contributed by atoms with Crippen LogP contribution in [-0.2, 0) is 10.0 Å². The van der Waals surface area contributed by atoms with Crippen LogP contribution in [0.5, 0.6) is 0 Å². The van der Waals surface area contributed by atoms with Gasteiger partial charge in [0.15, 0.2) is 0 Å². The van der Waals surface area contributed by atoms with E-state index in [9.17, 15) is 12.8 Å². The molecule has 0 bridgehead atoms. The Labute approximate surface area is 120 Å². The second-order valence-electron chi connectivity index (χ2n) is 4.40. The average molecular weight is 349 g/mol. The van der Waals surface area contributed by atoms with Crippen LogP contribution >= 0.6 is 15.9 Å². The summed E-state index contributed by atoms with van der Waals surface area (Å²) in [4.78, 5) is -0.0745. The molecular weight excluding hydrogens is 335 g/mol. The van der Waals surface area contributed by atoms with Gasteiger partial charge >= 0.3 is 0 Å². The molecular formula is C12H14BrFN2O2S. The van der Waals surface area contributed by atoms with Crippen molar-refractivity contribution in [1.82, 2.24) is 4.31 Å². The van der Waals surface area contributed by atoms with E-state index >= 15 is 0 Å². The van der Waals surface area contributed by atoms with Gasteiger partial charge in [-0.2, -0.15) is 4.31 Å². The van der Waals surface area contributed by atoms with E-state index in [0.29, 0.717) is 0 Å². The van der Waals surface area contributed by atoms with Crippen LogP contribution in [0.15, 0.2) is 34.2 Å². The normalized spacial score (nSPS) is 15.7. The summed E-state index contributed by atoms with van der Waals surface area (Å²) in [6.45, 7) is 3.79. The third-order valence-electron chi connectivity index (χ3n) is 2.90. The number of nitrogen functional groups attached to an aromatic ring is 1. The fourth-order valence-electron chi connectivity index (χ4n) is 1.83. The van der Waals surface area contributed by atoms with E-state index in [1.807, 2.05) is 0 Å². The third kappa shape index (κ3) is 2.82. The maximum atomic E-state index is 13.3. The molecule has 104 valence electrons.